The molecule has 0 aliphatic heterocycles. The molecule has 11 nitrogen and oxygen atoms in total. The van der Waals surface area contributed by atoms with E-state index in [0.29, 0.717) is 22.6 Å². The molecule has 212 valence electrons. The van der Waals surface area contributed by atoms with Gasteiger partial charge >= 0.3 is 0 Å². The van der Waals surface area contributed by atoms with Gasteiger partial charge in [0, 0.05) is 13.0 Å². The van der Waals surface area contributed by atoms with Crippen LogP contribution in [-0.2, 0) is 39.0 Å². The second-order valence-corrected chi connectivity index (χ2v) is 10.6. The van der Waals surface area contributed by atoms with Crippen molar-refractivity contribution in [2.45, 2.75) is 30.3 Å². The number of carbonyl (C=O) groups excluding carboxylic acids is 2. The second-order valence-electron chi connectivity index (χ2n) is 8.75. The zero-order valence-electron chi connectivity index (χ0n) is 22.5. The van der Waals surface area contributed by atoms with Gasteiger partial charge < -0.3 is 20.5 Å². The van der Waals surface area contributed by atoms with Gasteiger partial charge in [-0.2, -0.15) is 0 Å². The van der Waals surface area contributed by atoms with Crippen molar-refractivity contribution in [3.8, 4) is 11.5 Å². The van der Waals surface area contributed by atoms with E-state index in [1.54, 1.807) is 60.7 Å². The monoisotopic (exact) mass is 567 g/mol. The molecule has 0 bridgehead atoms. The van der Waals surface area contributed by atoms with E-state index < -0.39 is 33.8 Å². The Labute approximate surface area is 233 Å². The molecule has 12 heteroatoms. The standard InChI is InChI=1S/C28H33N5O6S/c1-31-40(36,37)25-12-8-7-11-21(25)18-32-27(35)22(15-19-9-5-4-6-10-19)33(28(29)30)26(34)17-20-13-14-23(38-2)24(16-20)39-3/h4-14,16,22,31H,15,17-18H2,1-3H3,(H3,29,30)(H,32,35)/t22-/m1/s1. The average molecular weight is 568 g/mol. The summed E-state index contributed by atoms with van der Waals surface area (Å²) >= 11 is 0. The van der Waals surface area contributed by atoms with Crippen LogP contribution < -0.4 is 25.2 Å². The van der Waals surface area contributed by atoms with Crippen LogP contribution in [-0.4, -0.2) is 58.4 Å². The quantitative estimate of drug-likeness (QED) is 0.191. The van der Waals surface area contributed by atoms with Crippen LogP contribution in [0.4, 0.5) is 0 Å². The Kier molecular flexibility index (Phi) is 10.2. The first-order chi connectivity index (χ1) is 19.1. The number of ether oxygens (including phenoxy) is 2. The van der Waals surface area contributed by atoms with Gasteiger partial charge in [-0.05, 0) is 41.9 Å². The largest absolute Gasteiger partial charge is 0.493 e. The highest BCUT2D eigenvalue weighted by Gasteiger charge is 2.32. The SMILES string of the molecule is CNS(=O)(=O)c1ccccc1CNC(=O)[C@@H](Cc1ccccc1)N(C(=N)N)C(=O)Cc1ccc(OC)c(OC)c1. The van der Waals surface area contributed by atoms with E-state index in [1.807, 2.05) is 6.07 Å². The molecule has 3 aromatic carbocycles. The minimum absolute atomic E-state index is 0.0189. The molecule has 0 spiro atoms. The number of nitrogens with two attached hydrogens (primary N) is 1. The third-order valence-electron chi connectivity index (χ3n) is 6.20. The van der Waals surface area contributed by atoms with E-state index in [2.05, 4.69) is 10.0 Å². The summed E-state index contributed by atoms with van der Waals surface area (Å²) in [5.74, 6) is -0.856. The van der Waals surface area contributed by atoms with Crippen molar-refractivity contribution in [1.82, 2.24) is 14.9 Å². The number of methoxy groups -OCH3 is 2. The maximum Gasteiger partial charge on any atom is 0.243 e. The molecule has 0 radical (unpaired) electrons. The molecule has 1 atom stereocenters. The van der Waals surface area contributed by atoms with Gasteiger partial charge in [-0.15, -0.1) is 0 Å². The van der Waals surface area contributed by atoms with Crippen molar-refractivity contribution in [1.29, 1.82) is 5.41 Å². The fraction of sp³-hybridized carbons (Fsp3) is 0.250. The van der Waals surface area contributed by atoms with E-state index in [4.69, 9.17) is 20.6 Å². The fourth-order valence-corrected chi connectivity index (χ4v) is 5.15. The Morgan fingerprint density at radius 2 is 1.60 bits per heavy atom. The Morgan fingerprint density at radius 3 is 2.23 bits per heavy atom. The lowest BCUT2D eigenvalue weighted by Gasteiger charge is -2.30. The Bertz CT molecular complexity index is 1460. The highest BCUT2D eigenvalue weighted by Crippen LogP contribution is 2.28. The molecule has 0 saturated heterocycles. The topological polar surface area (TPSA) is 164 Å². The molecule has 0 aromatic heterocycles. The maximum absolute atomic E-state index is 13.6. The number of rotatable bonds is 12. The van der Waals surface area contributed by atoms with Crippen LogP contribution in [0.3, 0.4) is 0 Å². The number of guanidine groups is 1. The second kappa shape index (κ2) is 13.6. The van der Waals surface area contributed by atoms with Gasteiger partial charge in [0.15, 0.2) is 17.5 Å². The minimum Gasteiger partial charge on any atom is -0.493 e. The highest BCUT2D eigenvalue weighted by molar-refractivity contribution is 7.89. The van der Waals surface area contributed by atoms with E-state index in [9.17, 15) is 18.0 Å². The van der Waals surface area contributed by atoms with Gasteiger partial charge in [0.1, 0.15) is 6.04 Å². The molecule has 0 saturated carbocycles. The van der Waals surface area contributed by atoms with Crippen LogP contribution in [0.15, 0.2) is 77.7 Å². The van der Waals surface area contributed by atoms with E-state index in [-0.39, 0.29) is 24.3 Å². The van der Waals surface area contributed by atoms with Crippen molar-refractivity contribution in [3.63, 3.8) is 0 Å². The van der Waals surface area contributed by atoms with Crippen LogP contribution in [0.1, 0.15) is 16.7 Å². The third-order valence-corrected chi connectivity index (χ3v) is 7.72. The molecule has 3 rings (SSSR count). The number of hydrogen-bond donors (Lipinski definition) is 4. The van der Waals surface area contributed by atoms with Crippen molar-refractivity contribution in [3.05, 3.63) is 89.5 Å². The number of nitrogens with zero attached hydrogens (tertiary/aromatic N) is 1. The van der Waals surface area contributed by atoms with E-state index >= 15 is 0 Å². The molecule has 2 amide bonds. The summed E-state index contributed by atoms with van der Waals surface area (Å²) < 4.78 is 37.7. The van der Waals surface area contributed by atoms with Crippen LogP contribution in [0.2, 0.25) is 0 Å². The first kappa shape index (κ1) is 30.1. The van der Waals surface area contributed by atoms with Gasteiger partial charge in [-0.25, -0.2) is 13.1 Å². The zero-order chi connectivity index (χ0) is 29.3. The maximum atomic E-state index is 13.6. The fourth-order valence-electron chi connectivity index (χ4n) is 4.19. The van der Waals surface area contributed by atoms with Crippen LogP contribution in [0.5, 0.6) is 11.5 Å². The summed E-state index contributed by atoms with van der Waals surface area (Å²) in [4.78, 5) is 28.1. The zero-order valence-corrected chi connectivity index (χ0v) is 23.3. The van der Waals surface area contributed by atoms with Gasteiger partial charge in [0.05, 0.1) is 25.5 Å². The number of amides is 2. The van der Waals surface area contributed by atoms with Crippen molar-refractivity contribution in [2.24, 2.45) is 5.73 Å². The van der Waals surface area contributed by atoms with Gasteiger partial charge in [0.25, 0.3) is 0 Å². The predicted octanol–water partition coefficient (Wildman–Crippen LogP) is 1.80. The molecule has 40 heavy (non-hydrogen) atoms. The molecule has 0 unspecified atom stereocenters. The summed E-state index contributed by atoms with van der Waals surface area (Å²) in [5, 5.41) is 10.9. The van der Waals surface area contributed by atoms with Crippen molar-refractivity contribution < 1.29 is 27.5 Å². The lowest BCUT2D eigenvalue weighted by Crippen LogP contribution is -2.55. The lowest BCUT2D eigenvalue weighted by atomic mass is 10.0. The first-order valence-electron chi connectivity index (χ1n) is 12.3. The summed E-state index contributed by atoms with van der Waals surface area (Å²) in [6.45, 7) is -0.128. The average Bonchev–Trinajstić information content (AvgIpc) is 2.95. The van der Waals surface area contributed by atoms with Crippen LogP contribution in [0, 0.1) is 5.41 Å². The number of benzene rings is 3. The molecular weight excluding hydrogens is 534 g/mol. The van der Waals surface area contributed by atoms with Crippen LogP contribution in [0.25, 0.3) is 0 Å². The summed E-state index contributed by atoms with van der Waals surface area (Å²) in [6, 6.07) is 19.1. The molecular formula is C28H33N5O6S. The molecule has 0 heterocycles. The van der Waals surface area contributed by atoms with E-state index in [0.717, 1.165) is 10.5 Å². The number of sulfonamides is 1. The van der Waals surface area contributed by atoms with Crippen molar-refractivity contribution in [2.75, 3.05) is 21.3 Å². The predicted molar refractivity (Wildman–Crippen MR) is 150 cm³/mol. The number of carbonyl (C=O) groups is 2. The molecule has 0 aliphatic rings. The summed E-state index contributed by atoms with van der Waals surface area (Å²) in [7, 11) is 0.505. The Balaban J connectivity index is 1.91. The number of hydrogen-bond acceptors (Lipinski definition) is 7. The third kappa shape index (κ3) is 7.36. The molecule has 3 aromatic rings. The van der Waals surface area contributed by atoms with Crippen molar-refractivity contribution >= 4 is 27.8 Å². The van der Waals surface area contributed by atoms with Gasteiger partial charge in [-0.1, -0.05) is 54.6 Å². The Morgan fingerprint density at radius 1 is 0.950 bits per heavy atom. The molecule has 5 N–H and O–H groups in total. The Hall–Kier alpha value is -4.42. The molecule has 0 aliphatic carbocycles. The molecule has 0 fully saturated rings. The lowest BCUT2D eigenvalue weighted by molar-refractivity contribution is -0.135. The normalized spacial score (nSPS) is 11.8. The van der Waals surface area contributed by atoms with Gasteiger partial charge in [-0.3, -0.25) is 19.9 Å². The first-order valence-corrected chi connectivity index (χ1v) is 13.8. The van der Waals surface area contributed by atoms with E-state index in [1.165, 1.54) is 27.3 Å². The highest BCUT2D eigenvalue weighted by atomic mass is 32.2. The van der Waals surface area contributed by atoms with Crippen LogP contribution >= 0.6 is 0 Å². The number of nitrogens with one attached hydrogen (secondary N) is 3. The smallest absolute Gasteiger partial charge is 0.243 e. The summed E-state index contributed by atoms with van der Waals surface area (Å²) in [6.07, 6.45) is -0.0951. The minimum atomic E-state index is -3.77. The summed E-state index contributed by atoms with van der Waals surface area (Å²) in [5.41, 5.74) is 7.53. The van der Waals surface area contributed by atoms with Gasteiger partial charge in [0.2, 0.25) is 21.8 Å².